The first-order chi connectivity index (χ1) is 15.1. The zero-order valence-electron chi connectivity index (χ0n) is 17.1. The van der Waals surface area contributed by atoms with Crippen molar-refractivity contribution < 1.29 is 14.0 Å². The number of hydrogen-bond acceptors (Lipinski definition) is 4. The smallest absolute Gasteiger partial charge is 0.290 e. The third-order valence-corrected chi connectivity index (χ3v) is 6.91. The van der Waals surface area contributed by atoms with E-state index in [1.54, 1.807) is 23.1 Å². The Morgan fingerprint density at radius 1 is 1.10 bits per heavy atom. The Hall–Kier alpha value is -2.57. The molecule has 0 aliphatic heterocycles. The molecule has 0 bridgehead atoms. The van der Waals surface area contributed by atoms with Crippen LogP contribution in [-0.2, 0) is 11.3 Å². The second kappa shape index (κ2) is 10.2. The van der Waals surface area contributed by atoms with Gasteiger partial charge in [0.1, 0.15) is 6.04 Å². The van der Waals surface area contributed by atoms with Gasteiger partial charge in [0.05, 0.1) is 6.26 Å². The van der Waals surface area contributed by atoms with Crippen molar-refractivity contribution in [3.05, 3.63) is 81.4 Å². The molecular weight excluding hydrogens is 432 g/mol. The van der Waals surface area contributed by atoms with Crippen LogP contribution < -0.4 is 5.32 Å². The lowest BCUT2D eigenvalue weighted by Gasteiger charge is -2.32. The van der Waals surface area contributed by atoms with E-state index in [2.05, 4.69) is 5.32 Å². The van der Waals surface area contributed by atoms with Gasteiger partial charge in [0.15, 0.2) is 5.76 Å². The first kappa shape index (κ1) is 21.7. The normalized spacial score (nSPS) is 15.4. The van der Waals surface area contributed by atoms with Crippen LogP contribution >= 0.6 is 22.9 Å². The van der Waals surface area contributed by atoms with Crippen LogP contribution in [0.15, 0.2) is 64.6 Å². The first-order valence-electron chi connectivity index (χ1n) is 10.5. The number of hydrogen-bond donors (Lipinski definition) is 1. The summed E-state index contributed by atoms with van der Waals surface area (Å²) < 4.78 is 5.39. The number of carbonyl (C=O) groups is 2. The lowest BCUT2D eigenvalue weighted by atomic mass is 9.95. The summed E-state index contributed by atoms with van der Waals surface area (Å²) in [5.41, 5.74) is 0.774. The molecule has 1 aliphatic carbocycles. The van der Waals surface area contributed by atoms with E-state index in [1.165, 1.54) is 24.0 Å². The van der Waals surface area contributed by atoms with Crippen molar-refractivity contribution in [1.29, 1.82) is 0 Å². The molecule has 0 saturated heterocycles. The van der Waals surface area contributed by atoms with Crippen molar-refractivity contribution in [1.82, 2.24) is 10.2 Å². The summed E-state index contributed by atoms with van der Waals surface area (Å²) >= 11 is 7.86. The van der Waals surface area contributed by atoms with E-state index < -0.39 is 6.04 Å². The third kappa shape index (κ3) is 5.20. The maximum atomic E-state index is 13.5. The summed E-state index contributed by atoms with van der Waals surface area (Å²) in [6, 6.07) is 13.8. The molecule has 2 heterocycles. The molecule has 1 aliphatic rings. The van der Waals surface area contributed by atoms with E-state index in [0.717, 1.165) is 36.1 Å². The van der Waals surface area contributed by atoms with Crippen molar-refractivity contribution in [2.75, 3.05) is 0 Å². The quantitative estimate of drug-likeness (QED) is 0.486. The summed E-state index contributed by atoms with van der Waals surface area (Å²) in [4.78, 5) is 29.4. The van der Waals surface area contributed by atoms with Gasteiger partial charge >= 0.3 is 0 Å². The molecule has 1 saturated carbocycles. The number of furan rings is 1. The minimum absolute atomic E-state index is 0.143. The van der Waals surface area contributed by atoms with Gasteiger partial charge in [-0.25, -0.2) is 0 Å². The van der Waals surface area contributed by atoms with Gasteiger partial charge in [-0.2, -0.15) is 0 Å². The SMILES string of the molecule is O=C(NC1CCCCC1)C(c1cccs1)N(Cc1ccccc1Cl)C(=O)c1ccco1. The van der Waals surface area contributed by atoms with Crippen LogP contribution in [0.25, 0.3) is 0 Å². The van der Waals surface area contributed by atoms with Crippen LogP contribution in [0.4, 0.5) is 0 Å². The second-order valence-electron chi connectivity index (χ2n) is 7.76. The zero-order chi connectivity index (χ0) is 21.6. The molecule has 1 fully saturated rings. The van der Waals surface area contributed by atoms with Gasteiger partial charge in [-0.3, -0.25) is 9.59 Å². The van der Waals surface area contributed by atoms with Crippen LogP contribution in [0.5, 0.6) is 0 Å². The number of halogens is 1. The molecule has 2 aromatic heterocycles. The predicted octanol–water partition coefficient (Wildman–Crippen LogP) is 5.83. The molecule has 2 amide bonds. The standard InChI is InChI=1S/C24H25ClN2O3S/c25-19-11-5-4-8-17(19)16-27(24(29)20-12-6-14-30-20)22(21-13-7-15-31-21)23(28)26-18-9-2-1-3-10-18/h4-8,11-15,18,22H,1-3,9-10,16H2,(H,26,28). The summed E-state index contributed by atoms with van der Waals surface area (Å²) in [5, 5.41) is 5.67. The number of benzene rings is 1. The topological polar surface area (TPSA) is 62.6 Å². The summed E-state index contributed by atoms with van der Waals surface area (Å²) in [5.74, 6) is -0.317. The monoisotopic (exact) mass is 456 g/mol. The van der Waals surface area contributed by atoms with Crippen LogP contribution in [-0.4, -0.2) is 22.8 Å². The fourth-order valence-electron chi connectivity index (χ4n) is 4.03. The van der Waals surface area contributed by atoms with E-state index in [0.29, 0.717) is 5.02 Å². The van der Waals surface area contributed by atoms with E-state index in [-0.39, 0.29) is 30.2 Å². The lowest BCUT2D eigenvalue weighted by Crippen LogP contribution is -2.46. The van der Waals surface area contributed by atoms with E-state index >= 15 is 0 Å². The van der Waals surface area contributed by atoms with Gasteiger partial charge in [-0.1, -0.05) is 55.1 Å². The highest BCUT2D eigenvalue weighted by molar-refractivity contribution is 7.10. The highest BCUT2D eigenvalue weighted by atomic mass is 35.5. The molecule has 1 unspecified atom stereocenters. The van der Waals surface area contributed by atoms with E-state index in [1.807, 2.05) is 35.7 Å². The third-order valence-electron chi connectivity index (χ3n) is 5.62. The van der Waals surface area contributed by atoms with E-state index in [9.17, 15) is 9.59 Å². The van der Waals surface area contributed by atoms with Crippen LogP contribution in [0.1, 0.15) is 59.1 Å². The van der Waals surface area contributed by atoms with Crippen molar-refractivity contribution in [2.45, 2.75) is 50.7 Å². The molecule has 1 N–H and O–H groups in total. The number of nitrogens with one attached hydrogen (secondary N) is 1. The second-order valence-corrected chi connectivity index (χ2v) is 9.15. The van der Waals surface area contributed by atoms with Crippen LogP contribution in [0.2, 0.25) is 5.02 Å². The number of rotatable bonds is 7. The Morgan fingerprint density at radius 2 is 1.90 bits per heavy atom. The number of carbonyl (C=O) groups excluding carboxylic acids is 2. The largest absolute Gasteiger partial charge is 0.459 e. The van der Waals surface area contributed by atoms with Crippen LogP contribution in [0, 0.1) is 0 Å². The van der Waals surface area contributed by atoms with Gasteiger partial charge < -0.3 is 14.6 Å². The van der Waals surface area contributed by atoms with Crippen molar-refractivity contribution in [3.63, 3.8) is 0 Å². The van der Waals surface area contributed by atoms with Crippen molar-refractivity contribution >= 4 is 34.8 Å². The predicted molar refractivity (Wildman–Crippen MR) is 122 cm³/mol. The van der Waals surface area contributed by atoms with E-state index in [4.69, 9.17) is 16.0 Å². The lowest BCUT2D eigenvalue weighted by molar-refractivity contribution is -0.127. The highest BCUT2D eigenvalue weighted by Gasteiger charge is 2.35. The maximum absolute atomic E-state index is 13.5. The van der Waals surface area contributed by atoms with Crippen molar-refractivity contribution in [3.8, 4) is 0 Å². The zero-order valence-corrected chi connectivity index (χ0v) is 18.7. The number of nitrogens with zero attached hydrogens (tertiary/aromatic N) is 1. The number of thiophene rings is 1. The number of amides is 2. The molecule has 5 nitrogen and oxygen atoms in total. The average Bonchev–Trinajstić information content (AvgIpc) is 3.50. The minimum Gasteiger partial charge on any atom is -0.459 e. The van der Waals surface area contributed by atoms with Gasteiger partial charge in [0.2, 0.25) is 5.91 Å². The molecule has 162 valence electrons. The minimum atomic E-state index is -0.768. The first-order valence-corrected chi connectivity index (χ1v) is 11.8. The molecule has 1 aromatic carbocycles. The maximum Gasteiger partial charge on any atom is 0.290 e. The Balaban J connectivity index is 1.69. The average molecular weight is 457 g/mol. The molecular formula is C24H25ClN2O3S. The molecule has 1 atom stereocenters. The van der Waals surface area contributed by atoms with Crippen molar-refractivity contribution in [2.24, 2.45) is 0 Å². The fourth-order valence-corrected chi connectivity index (χ4v) is 5.06. The van der Waals surface area contributed by atoms with Gasteiger partial charge in [0, 0.05) is 22.5 Å². The molecule has 0 radical (unpaired) electrons. The van der Waals surface area contributed by atoms with Crippen LogP contribution in [0.3, 0.4) is 0 Å². The Bertz CT molecular complexity index is 998. The molecule has 3 aromatic rings. The summed E-state index contributed by atoms with van der Waals surface area (Å²) in [7, 11) is 0. The molecule has 4 rings (SSSR count). The van der Waals surface area contributed by atoms with Gasteiger partial charge in [-0.05, 0) is 48.1 Å². The Kier molecular flexibility index (Phi) is 7.10. The molecule has 7 heteroatoms. The summed E-state index contributed by atoms with van der Waals surface area (Å²) in [6.07, 6.45) is 6.84. The molecule has 31 heavy (non-hydrogen) atoms. The molecule has 0 spiro atoms. The fraction of sp³-hybridized carbons (Fsp3) is 0.333. The Labute approximate surface area is 191 Å². The summed E-state index contributed by atoms with van der Waals surface area (Å²) in [6.45, 7) is 0.194. The van der Waals surface area contributed by atoms with Gasteiger partial charge in [0.25, 0.3) is 5.91 Å². The highest BCUT2D eigenvalue weighted by Crippen LogP contribution is 2.31. The van der Waals surface area contributed by atoms with Gasteiger partial charge in [-0.15, -0.1) is 11.3 Å². The Morgan fingerprint density at radius 3 is 2.58 bits per heavy atom.